The van der Waals surface area contributed by atoms with Crippen molar-refractivity contribution in [3.8, 4) is 11.5 Å². The molecule has 3 N–H and O–H groups in total. The monoisotopic (exact) mass is 326 g/mol. The van der Waals surface area contributed by atoms with Gasteiger partial charge in [0, 0.05) is 31.4 Å². The van der Waals surface area contributed by atoms with Crippen LogP contribution in [0.2, 0.25) is 0 Å². The van der Waals surface area contributed by atoms with Gasteiger partial charge in [-0.3, -0.25) is 15.8 Å². The van der Waals surface area contributed by atoms with E-state index < -0.39 is 0 Å². The van der Waals surface area contributed by atoms with Gasteiger partial charge in [0.2, 0.25) is 0 Å². The first-order valence-corrected chi connectivity index (χ1v) is 8.63. The van der Waals surface area contributed by atoms with Crippen molar-refractivity contribution in [3.63, 3.8) is 0 Å². The third kappa shape index (κ3) is 4.54. The van der Waals surface area contributed by atoms with Gasteiger partial charge in [0.1, 0.15) is 11.5 Å². The molecule has 5 nitrogen and oxygen atoms in total. The highest BCUT2D eigenvalue weighted by Crippen LogP contribution is 2.25. The van der Waals surface area contributed by atoms with Gasteiger partial charge in [-0.25, -0.2) is 0 Å². The molecule has 0 amide bonds. The Morgan fingerprint density at radius 1 is 1.25 bits per heavy atom. The summed E-state index contributed by atoms with van der Waals surface area (Å²) in [5.41, 5.74) is 9.08. The topological polar surface area (TPSA) is 58.2 Å². The molecular formula is C19H26N4O. The number of pyridine rings is 1. The molecule has 1 aliphatic rings. The quantitative estimate of drug-likeness (QED) is 0.730. The molecule has 2 atom stereocenters. The van der Waals surface area contributed by atoms with E-state index in [1.54, 1.807) is 12.4 Å². The summed E-state index contributed by atoms with van der Waals surface area (Å²) in [6, 6.07) is 11.2. The van der Waals surface area contributed by atoms with Crippen LogP contribution < -0.4 is 20.9 Å². The van der Waals surface area contributed by atoms with Crippen LogP contribution in [0.4, 0.5) is 0 Å². The lowest BCUT2D eigenvalue weighted by atomic mass is 10.1. The molecule has 2 heterocycles. The molecule has 1 fully saturated rings. The summed E-state index contributed by atoms with van der Waals surface area (Å²) < 4.78 is 5.87. The van der Waals surface area contributed by atoms with E-state index in [2.05, 4.69) is 47.1 Å². The summed E-state index contributed by atoms with van der Waals surface area (Å²) in [6.45, 7) is 6.12. The third-order valence-corrected chi connectivity index (χ3v) is 4.37. The number of hydrogen-bond donors (Lipinski definition) is 3. The molecule has 3 rings (SSSR count). The standard InChI is InChI=1S/C19H26N4O/c1-3-16-10-17(23-22-16)12-21-11-15-6-7-19(14(2)9-15)24-18-5-4-8-20-13-18/h4-9,13,16-17,21-23H,3,10-12H2,1-2H3. The van der Waals surface area contributed by atoms with Crippen LogP contribution in [0.5, 0.6) is 11.5 Å². The summed E-state index contributed by atoms with van der Waals surface area (Å²) >= 11 is 0. The summed E-state index contributed by atoms with van der Waals surface area (Å²) in [6.07, 6.45) is 5.81. The van der Waals surface area contributed by atoms with Crippen molar-refractivity contribution in [2.24, 2.45) is 0 Å². The van der Waals surface area contributed by atoms with Crippen LogP contribution in [0.25, 0.3) is 0 Å². The average molecular weight is 326 g/mol. The maximum absolute atomic E-state index is 5.87. The number of aryl methyl sites for hydroxylation is 1. The number of aromatic nitrogens is 1. The van der Waals surface area contributed by atoms with Crippen LogP contribution in [0.1, 0.15) is 30.9 Å². The number of ether oxygens (including phenoxy) is 1. The summed E-state index contributed by atoms with van der Waals surface area (Å²) in [7, 11) is 0. The van der Waals surface area contributed by atoms with Crippen LogP contribution in [-0.2, 0) is 6.54 Å². The van der Waals surface area contributed by atoms with Crippen LogP contribution >= 0.6 is 0 Å². The molecule has 24 heavy (non-hydrogen) atoms. The lowest BCUT2D eigenvalue weighted by molar-refractivity contribution is 0.475. The maximum atomic E-state index is 5.87. The first-order valence-electron chi connectivity index (χ1n) is 8.63. The van der Waals surface area contributed by atoms with Gasteiger partial charge >= 0.3 is 0 Å². The van der Waals surface area contributed by atoms with E-state index >= 15 is 0 Å². The molecule has 1 aromatic heterocycles. The van der Waals surface area contributed by atoms with Gasteiger partial charge in [-0.05, 0) is 49.1 Å². The van der Waals surface area contributed by atoms with Gasteiger partial charge in [0.15, 0.2) is 0 Å². The second-order valence-corrected chi connectivity index (χ2v) is 6.35. The number of hydrazine groups is 1. The highest BCUT2D eigenvalue weighted by molar-refractivity contribution is 5.39. The van der Waals surface area contributed by atoms with Crippen molar-refractivity contribution in [1.29, 1.82) is 0 Å². The second-order valence-electron chi connectivity index (χ2n) is 6.35. The van der Waals surface area contributed by atoms with Crippen molar-refractivity contribution < 1.29 is 4.74 Å². The fourth-order valence-corrected chi connectivity index (χ4v) is 2.96. The lowest BCUT2D eigenvalue weighted by Crippen LogP contribution is -2.38. The zero-order valence-corrected chi connectivity index (χ0v) is 14.4. The van der Waals surface area contributed by atoms with Crippen molar-refractivity contribution in [2.75, 3.05) is 6.54 Å². The molecule has 2 aromatic rings. The lowest BCUT2D eigenvalue weighted by Gasteiger charge is -2.13. The largest absolute Gasteiger partial charge is 0.455 e. The normalized spacial score (nSPS) is 20.2. The highest BCUT2D eigenvalue weighted by Gasteiger charge is 2.21. The van der Waals surface area contributed by atoms with Gasteiger partial charge in [0.25, 0.3) is 0 Å². The maximum Gasteiger partial charge on any atom is 0.145 e. The summed E-state index contributed by atoms with van der Waals surface area (Å²) in [4.78, 5) is 4.07. The first-order chi connectivity index (χ1) is 11.7. The minimum atomic E-state index is 0.504. The Labute approximate surface area is 143 Å². The van der Waals surface area contributed by atoms with Gasteiger partial charge < -0.3 is 10.1 Å². The van der Waals surface area contributed by atoms with E-state index in [4.69, 9.17) is 4.74 Å². The number of benzene rings is 1. The molecule has 128 valence electrons. The third-order valence-electron chi connectivity index (χ3n) is 4.37. The van der Waals surface area contributed by atoms with Gasteiger partial charge in [-0.2, -0.15) is 0 Å². The Kier molecular flexibility index (Phi) is 5.80. The Balaban J connectivity index is 1.49. The summed E-state index contributed by atoms with van der Waals surface area (Å²) in [5.74, 6) is 1.64. The minimum absolute atomic E-state index is 0.504. The van der Waals surface area contributed by atoms with E-state index in [9.17, 15) is 0 Å². The molecule has 0 radical (unpaired) electrons. The van der Waals surface area contributed by atoms with E-state index in [1.165, 1.54) is 18.4 Å². The fraction of sp³-hybridized carbons (Fsp3) is 0.421. The SMILES string of the molecule is CCC1CC(CNCc2ccc(Oc3cccnc3)c(C)c2)NN1. The van der Waals surface area contributed by atoms with E-state index in [0.717, 1.165) is 30.2 Å². The fourth-order valence-electron chi connectivity index (χ4n) is 2.96. The zero-order valence-electron chi connectivity index (χ0n) is 14.4. The van der Waals surface area contributed by atoms with Crippen molar-refractivity contribution >= 4 is 0 Å². The van der Waals surface area contributed by atoms with Crippen LogP contribution in [0.3, 0.4) is 0 Å². The molecule has 0 bridgehead atoms. The number of hydrogen-bond acceptors (Lipinski definition) is 5. The molecule has 0 aliphatic carbocycles. The van der Waals surface area contributed by atoms with E-state index in [0.29, 0.717) is 12.1 Å². The van der Waals surface area contributed by atoms with Gasteiger partial charge in [-0.1, -0.05) is 19.1 Å². The number of nitrogens with one attached hydrogen (secondary N) is 3. The Bertz CT molecular complexity index is 647. The van der Waals surface area contributed by atoms with Crippen LogP contribution in [0, 0.1) is 6.92 Å². The molecule has 2 unspecified atom stereocenters. The minimum Gasteiger partial charge on any atom is -0.455 e. The van der Waals surface area contributed by atoms with Crippen LogP contribution in [0.15, 0.2) is 42.7 Å². The Hall–Kier alpha value is -1.95. The molecule has 5 heteroatoms. The van der Waals surface area contributed by atoms with Gasteiger partial charge in [-0.15, -0.1) is 0 Å². The average Bonchev–Trinajstić information content (AvgIpc) is 3.06. The summed E-state index contributed by atoms with van der Waals surface area (Å²) in [5, 5.41) is 3.53. The van der Waals surface area contributed by atoms with Crippen LogP contribution in [-0.4, -0.2) is 23.6 Å². The molecule has 0 spiro atoms. The molecule has 0 saturated carbocycles. The molecular weight excluding hydrogens is 300 g/mol. The van der Waals surface area contributed by atoms with E-state index in [-0.39, 0.29) is 0 Å². The van der Waals surface area contributed by atoms with Crippen molar-refractivity contribution in [2.45, 2.75) is 45.3 Å². The smallest absolute Gasteiger partial charge is 0.145 e. The molecule has 1 saturated heterocycles. The van der Waals surface area contributed by atoms with Crippen molar-refractivity contribution in [3.05, 3.63) is 53.9 Å². The van der Waals surface area contributed by atoms with Crippen molar-refractivity contribution in [1.82, 2.24) is 21.2 Å². The Morgan fingerprint density at radius 2 is 2.12 bits per heavy atom. The number of rotatable bonds is 7. The van der Waals surface area contributed by atoms with Gasteiger partial charge in [0.05, 0.1) is 6.20 Å². The Morgan fingerprint density at radius 3 is 2.83 bits per heavy atom. The molecule has 1 aromatic carbocycles. The zero-order chi connectivity index (χ0) is 16.8. The predicted molar refractivity (Wildman–Crippen MR) is 96.0 cm³/mol. The van der Waals surface area contributed by atoms with E-state index in [1.807, 2.05) is 18.2 Å². The molecule has 1 aliphatic heterocycles. The number of nitrogens with zero attached hydrogens (tertiary/aromatic N) is 1. The highest BCUT2D eigenvalue weighted by atomic mass is 16.5. The second kappa shape index (κ2) is 8.24. The predicted octanol–water partition coefficient (Wildman–Crippen LogP) is 2.92. The first kappa shape index (κ1) is 16.9.